The summed E-state index contributed by atoms with van der Waals surface area (Å²) in [4.78, 5) is 5.73. The topological polar surface area (TPSA) is 42.4 Å². The van der Waals surface area contributed by atoms with Crippen molar-refractivity contribution in [1.82, 2.24) is 4.98 Å². The van der Waals surface area contributed by atoms with E-state index in [2.05, 4.69) is 0 Å². The SMILES string of the molecule is [BH3-][N+]12CCC(CC1)C(O)(CCC(=S)Cc1nc3ccc(OC)cc3s1)C2. The molecule has 0 amide bonds. The molecule has 7 heteroatoms. The second kappa shape index (κ2) is 6.86. The van der Waals surface area contributed by atoms with Gasteiger partial charge in [-0.15, -0.1) is 11.3 Å². The van der Waals surface area contributed by atoms with Crippen LogP contribution in [0.5, 0.6) is 5.75 Å². The van der Waals surface area contributed by atoms with E-state index in [1.54, 1.807) is 18.4 Å². The zero-order chi connectivity index (χ0) is 18.4. The Bertz CT molecular complexity index is 832. The highest BCUT2D eigenvalue weighted by atomic mass is 32.1. The maximum atomic E-state index is 11.3. The van der Waals surface area contributed by atoms with Crippen molar-refractivity contribution in [3.8, 4) is 5.75 Å². The normalized spacial score (nSPS) is 30.7. The van der Waals surface area contributed by atoms with E-state index in [0.29, 0.717) is 5.92 Å². The summed E-state index contributed by atoms with van der Waals surface area (Å²) in [6, 6.07) is 5.99. The molecule has 26 heavy (non-hydrogen) atoms. The van der Waals surface area contributed by atoms with E-state index in [1.165, 1.54) is 30.3 Å². The fraction of sp³-hybridized carbons (Fsp3) is 0.579. The van der Waals surface area contributed by atoms with E-state index in [9.17, 15) is 5.11 Å². The van der Waals surface area contributed by atoms with Crippen molar-refractivity contribution < 1.29 is 14.2 Å². The number of ether oxygens (including phenoxy) is 1. The van der Waals surface area contributed by atoms with Crippen LogP contribution in [-0.4, -0.2) is 59.7 Å². The molecule has 1 N–H and O–H groups in total. The van der Waals surface area contributed by atoms with Crippen LogP contribution in [0.3, 0.4) is 0 Å². The van der Waals surface area contributed by atoms with Crippen molar-refractivity contribution in [2.75, 3.05) is 26.7 Å². The van der Waals surface area contributed by atoms with Crippen LogP contribution in [-0.2, 0) is 6.42 Å². The van der Waals surface area contributed by atoms with Gasteiger partial charge in [-0.25, -0.2) is 4.98 Å². The van der Waals surface area contributed by atoms with Crippen LogP contribution in [0.4, 0.5) is 0 Å². The number of nitrogens with zero attached hydrogens (tertiary/aromatic N) is 2. The molecule has 140 valence electrons. The van der Waals surface area contributed by atoms with Crippen LogP contribution in [0.2, 0.25) is 0 Å². The Morgan fingerprint density at radius 1 is 1.46 bits per heavy atom. The molecule has 0 saturated carbocycles. The molecule has 1 atom stereocenters. The van der Waals surface area contributed by atoms with Gasteiger partial charge in [-0.2, -0.15) is 0 Å². The molecule has 3 fully saturated rings. The predicted molar refractivity (Wildman–Crippen MR) is 114 cm³/mol. The van der Waals surface area contributed by atoms with Crippen LogP contribution in [0.25, 0.3) is 10.2 Å². The third-order valence-electron chi connectivity index (χ3n) is 5.67. The van der Waals surface area contributed by atoms with Crippen LogP contribution in [0, 0.1) is 5.92 Å². The highest BCUT2D eigenvalue weighted by Gasteiger charge is 2.49. The van der Waals surface area contributed by atoms with Crippen LogP contribution in [0.15, 0.2) is 18.2 Å². The molecular weight excluding hydrogens is 363 g/mol. The zero-order valence-corrected chi connectivity index (χ0v) is 16.2. The van der Waals surface area contributed by atoms with Crippen molar-refractivity contribution in [2.45, 2.75) is 37.7 Å². The molecule has 2 aromatic rings. The number of piperidine rings is 3. The number of rotatable bonds is 6. The Hall–Kier alpha value is -1.02. The molecule has 1 aromatic heterocycles. The van der Waals surface area contributed by atoms with E-state index in [1.807, 2.05) is 18.2 Å². The summed E-state index contributed by atoms with van der Waals surface area (Å²) in [5.74, 6) is 1.36. The lowest BCUT2D eigenvalue weighted by Gasteiger charge is -2.60. The molecule has 4 heterocycles. The van der Waals surface area contributed by atoms with Gasteiger partial charge in [0.25, 0.3) is 0 Å². The van der Waals surface area contributed by atoms with Gasteiger partial charge in [0, 0.05) is 25.4 Å². The standard InChI is InChI=1S/C19H27BN2O2S2/c1-24-14-2-3-16-17(10-14)26-18(21-16)11-15(25)4-7-19(23)12-22(20)8-5-13(19)6-9-22/h2-3,10,13,23H,4-9,11-12H2,1,20H3. The lowest BCUT2D eigenvalue weighted by atomic mass is 9.69. The Morgan fingerprint density at radius 3 is 2.92 bits per heavy atom. The first-order valence-corrected chi connectivity index (χ1v) is 10.2. The number of hydrogen-bond acceptors (Lipinski definition) is 5. The quantitative estimate of drug-likeness (QED) is 0.607. The van der Waals surface area contributed by atoms with Gasteiger partial charge in [0.15, 0.2) is 7.98 Å². The Balaban J connectivity index is 1.38. The Labute approximate surface area is 165 Å². The maximum absolute atomic E-state index is 11.3. The highest BCUT2D eigenvalue weighted by Crippen LogP contribution is 2.41. The van der Waals surface area contributed by atoms with Gasteiger partial charge in [0.2, 0.25) is 0 Å². The fourth-order valence-corrected chi connectivity index (χ4v) is 5.56. The van der Waals surface area contributed by atoms with Gasteiger partial charge >= 0.3 is 0 Å². The van der Waals surface area contributed by atoms with E-state index in [-0.39, 0.29) is 7.98 Å². The number of quaternary nitrogens is 1. The summed E-state index contributed by atoms with van der Waals surface area (Å²) < 4.78 is 7.71. The first-order valence-electron chi connectivity index (χ1n) is 8.96. The first kappa shape index (κ1) is 18.4. The number of benzene rings is 1. The average Bonchev–Trinajstić information content (AvgIpc) is 3.01. The number of aliphatic hydroxyl groups is 1. The molecule has 3 saturated heterocycles. The summed E-state index contributed by atoms with van der Waals surface area (Å²) in [5.41, 5.74) is 0.541. The summed E-state index contributed by atoms with van der Waals surface area (Å²) in [5, 5.41) is 12.3. The smallest absolute Gasteiger partial charge is 0.169 e. The van der Waals surface area contributed by atoms with Crippen molar-refractivity contribution in [3.05, 3.63) is 23.2 Å². The summed E-state index contributed by atoms with van der Waals surface area (Å²) in [7, 11) is 1.92. The molecule has 3 aliphatic heterocycles. The minimum atomic E-state index is -0.469. The van der Waals surface area contributed by atoms with Gasteiger partial charge < -0.3 is 14.2 Å². The second-order valence-electron chi connectivity index (χ2n) is 7.31. The highest BCUT2D eigenvalue weighted by molar-refractivity contribution is 7.80. The average molecular weight is 390 g/mol. The van der Waals surface area contributed by atoms with E-state index in [0.717, 1.165) is 51.6 Å². The van der Waals surface area contributed by atoms with Gasteiger partial charge in [0.1, 0.15) is 11.4 Å². The minimum absolute atomic E-state index is 0.231. The molecule has 0 spiro atoms. The lowest BCUT2D eigenvalue weighted by Crippen LogP contribution is -2.68. The molecular formula is C19H27BN2O2S2. The van der Waals surface area contributed by atoms with E-state index < -0.39 is 5.60 Å². The lowest BCUT2D eigenvalue weighted by molar-refractivity contribution is -0.846. The molecule has 1 unspecified atom stereocenters. The van der Waals surface area contributed by atoms with E-state index in [4.69, 9.17) is 21.9 Å². The van der Waals surface area contributed by atoms with Crippen molar-refractivity contribution in [2.24, 2.45) is 5.92 Å². The molecule has 5 rings (SSSR count). The molecule has 4 nitrogen and oxygen atoms in total. The fourth-order valence-electron chi connectivity index (χ4n) is 4.20. The zero-order valence-electron chi connectivity index (χ0n) is 14.5. The number of fused-ring (bicyclic) bond motifs is 4. The number of hydrogen-bond donors (Lipinski definition) is 1. The first-order chi connectivity index (χ1) is 12.4. The van der Waals surface area contributed by atoms with Gasteiger partial charge in [-0.3, -0.25) is 0 Å². The predicted octanol–water partition coefficient (Wildman–Crippen LogP) is 2.25. The molecule has 3 aliphatic rings. The summed E-state index contributed by atoms with van der Waals surface area (Å²) in [6.07, 6.45) is 4.84. The molecule has 0 aliphatic carbocycles. The largest absolute Gasteiger partial charge is 0.520 e. The Morgan fingerprint density at radius 2 is 2.23 bits per heavy atom. The maximum Gasteiger partial charge on any atom is 0.169 e. The van der Waals surface area contributed by atoms with E-state index >= 15 is 0 Å². The second-order valence-corrected chi connectivity index (χ2v) is 9.00. The van der Waals surface area contributed by atoms with Crippen molar-refractivity contribution >= 4 is 46.6 Å². The minimum Gasteiger partial charge on any atom is -0.520 e. The van der Waals surface area contributed by atoms with Crippen molar-refractivity contribution in [3.63, 3.8) is 0 Å². The van der Waals surface area contributed by atoms with Crippen LogP contribution in [0.1, 0.15) is 30.7 Å². The number of thiazole rings is 1. The molecule has 1 aromatic carbocycles. The van der Waals surface area contributed by atoms with Crippen LogP contribution >= 0.6 is 23.6 Å². The molecule has 0 radical (unpaired) electrons. The monoisotopic (exact) mass is 390 g/mol. The summed E-state index contributed by atoms with van der Waals surface area (Å²) in [6.45, 7) is 3.65. The van der Waals surface area contributed by atoms with Crippen molar-refractivity contribution in [1.29, 1.82) is 0 Å². The third-order valence-corrected chi connectivity index (χ3v) is 7.04. The summed E-state index contributed by atoms with van der Waals surface area (Å²) >= 11 is 7.36. The van der Waals surface area contributed by atoms with Gasteiger partial charge in [0.05, 0.1) is 28.9 Å². The van der Waals surface area contributed by atoms with Gasteiger partial charge in [-0.1, -0.05) is 12.2 Å². The third kappa shape index (κ3) is 3.54. The van der Waals surface area contributed by atoms with Crippen LogP contribution < -0.4 is 4.74 Å². The number of aromatic nitrogens is 1. The van der Waals surface area contributed by atoms with Gasteiger partial charge in [-0.05, 0) is 48.7 Å². The Kier molecular flexibility index (Phi) is 4.84. The number of methoxy groups -OCH3 is 1. The molecule has 2 bridgehead atoms. The number of thiocarbonyl (C=S) groups is 1.